The molecule has 1 N–H and O–H groups in total. The summed E-state index contributed by atoms with van der Waals surface area (Å²) in [6.45, 7) is 2.44. The van der Waals surface area contributed by atoms with Crippen molar-refractivity contribution in [3.05, 3.63) is 58.4 Å². The largest absolute Gasteiger partial charge is 0.495 e. The Labute approximate surface area is 117 Å². The molecule has 0 unspecified atom stereocenters. The molecule has 0 bridgehead atoms. The third-order valence-corrected chi connectivity index (χ3v) is 3.05. The summed E-state index contributed by atoms with van der Waals surface area (Å²) < 4.78 is 18.3. The van der Waals surface area contributed by atoms with Crippen LogP contribution >= 0.6 is 11.6 Å². The van der Waals surface area contributed by atoms with Crippen molar-refractivity contribution in [3.8, 4) is 5.75 Å². The van der Waals surface area contributed by atoms with Crippen molar-refractivity contribution in [2.75, 3.05) is 12.4 Å². The summed E-state index contributed by atoms with van der Waals surface area (Å²) in [5.74, 6) is 0.405. The molecule has 0 atom stereocenters. The minimum absolute atomic E-state index is 0.240. The molecular weight excluding hydrogens is 265 g/mol. The van der Waals surface area contributed by atoms with Crippen LogP contribution in [0, 0.1) is 12.7 Å². The Morgan fingerprint density at radius 2 is 2.00 bits per heavy atom. The standard InChI is InChI=1S/C15H15ClFNO/c1-10-5-12(17)8-13(6-10)18-9-11-3-4-15(19-2)14(16)7-11/h3-8,18H,9H2,1-2H3. The van der Waals surface area contributed by atoms with Crippen LogP contribution in [-0.2, 0) is 6.54 Å². The van der Waals surface area contributed by atoms with Crippen LogP contribution in [-0.4, -0.2) is 7.11 Å². The lowest BCUT2D eigenvalue weighted by molar-refractivity contribution is 0.415. The lowest BCUT2D eigenvalue weighted by atomic mass is 10.2. The van der Waals surface area contributed by atoms with Crippen molar-refractivity contribution in [2.24, 2.45) is 0 Å². The fourth-order valence-corrected chi connectivity index (χ4v) is 2.14. The first-order valence-corrected chi connectivity index (χ1v) is 6.30. The van der Waals surface area contributed by atoms with Gasteiger partial charge in [-0.05, 0) is 48.4 Å². The number of hydrogen-bond donors (Lipinski definition) is 1. The number of methoxy groups -OCH3 is 1. The molecule has 0 radical (unpaired) electrons. The Balaban J connectivity index is 2.08. The Morgan fingerprint density at radius 3 is 2.63 bits per heavy atom. The van der Waals surface area contributed by atoms with Crippen molar-refractivity contribution in [1.29, 1.82) is 0 Å². The average Bonchev–Trinajstić information content (AvgIpc) is 2.35. The van der Waals surface area contributed by atoms with Crippen molar-refractivity contribution in [3.63, 3.8) is 0 Å². The molecular formula is C15H15ClFNO. The zero-order valence-corrected chi connectivity index (χ0v) is 11.6. The lowest BCUT2D eigenvalue weighted by Gasteiger charge is -2.09. The smallest absolute Gasteiger partial charge is 0.137 e. The number of halogens is 2. The Bertz CT molecular complexity index is 566. The number of hydrogen-bond acceptors (Lipinski definition) is 2. The molecule has 0 heterocycles. The molecule has 0 spiro atoms. The minimum atomic E-state index is -0.240. The van der Waals surface area contributed by atoms with Gasteiger partial charge in [-0.1, -0.05) is 17.7 Å². The second kappa shape index (κ2) is 5.93. The first kappa shape index (κ1) is 13.7. The predicted octanol–water partition coefficient (Wildman–Crippen LogP) is 4.41. The van der Waals surface area contributed by atoms with Gasteiger partial charge in [0, 0.05) is 12.2 Å². The Morgan fingerprint density at radius 1 is 1.21 bits per heavy atom. The fraction of sp³-hybridized carbons (Fsp3) is 0.200. The predicted molar refractivity (Wildman–Crippen MR) is 76.5 cm³/mol. The molecule has 0 amide bonds. The summed E-state index contributed by atoms with van der Waals surface area (Å²) in [5.41, 5.74) is 2.65. The van der Waals surface area contributed by atoms with Crippen LogP contribution < -0.4 is 10.1 Å². The van der Waals surface area contributed by atoms with Crippen LogP contribution in [0.4, 0.5) is 10.1 Å². The van der Waals surface area contributed by atoms with Gasteiger partial charge >= 0.3 is 0 Å². The fourth-order valence-electron chi connectivity index (χ4n) is 1.86. The highest BCUT2D eigenvalue weighted by atomic mass is 35.5. The van der Waals surface area contributed by atoms with Crippen LogP contribution in [0.1, 0.15) is 11.1 Å². The van der Waals surface area contributed by atoms with Gasteiger partial charge in [0.15, 0.2) is 0 Å². The van der Waals surface area contributed by atoms with E-state index in [0.717, 1.165) is 16.8 Å². The van der Waals surface area contributed by atoms with E-state index in [1.807, 2.05) is 31.2 Å². The van der Waals surface area contributed by atoms with Gasteiger partial charge in [-0.25, -0.2) is 4.39 Å². The third kappa shape index (κ3) is 3.61. The monoisotopic (exact) mass is 279 g/mol. The molecule has 0 saturated heterocycles. The van der Waals surface area contributed by atoms with Gasteiger partial charge in [0.05, 0.1) is 12.1 Å². The number of nitrogens with one attached hydrogen (secondary N) is 1. The quantitative estimate of drug-likeness (QED) is 0.895. The van der Waals surface area contributed by atoms with Gasteiger partial charge in [-0.3, -0.25) is 0 Å². The van der Waals surface area contributed by atoms with Crippen LogP contribution in [0.2, 0.25) is 5.02 Å². The maximum absolute atomic E-state index is 13.2. The SMILES string of the molecule is COc1ccc(CNc2cc(C)cc(F)c2)cc1Cl. The zero-order valence-electron chi connectivity index (χ0n) is 10.8. The van der Waals surface area contributed by atoms with Gasteiger partial charge < -0.3 is 10.1 Å². The molecule has 2 aromatic rings. The molecule has 0 saturated carbocycles. The van der Waals surface area contributed by atoms with E-state index in [0.29, 0.717) is 17.3 Å². The number of anilines is 1. The van der Waals surface area contributed by atoms with Crippen LogP contribution in [0.15, 0.2) is 36.4 Å². The summed E-state index contributed by atoms with van der Waals surface area (Å²) in [7, 11) is 1.58. The van der Waals surface area contributed by atoms with E-state index in [1.54, 1.807) is 7.11 Å². The first-order chi connectivity index (χ1) is 9.08. The first-order valence-electron chi connectivity index (χ1n) is 5.92. The van der Waals surface area contributed by atoms with E-state index in [4.69, 9.17) is 16.3 Å². The van der Waals surface area contributed by atoms with E-state index >= 15 is 0 Å². The van der Waals surface area contributed by atoms with Gasteiger partial charge in [-0.2, -0.15) is 0 Å². The second-order valence-corrected chi connectivity index (χ2v) is 4.75. The molecule has 2 aromatic carbocycles. The normalized spacial score (nSPS) is 10.3. The molecule has 19 heavy (non-hydrogen) atoms. The molecule has 0 aromatic heterocycles. The lowest BCUT2D eigenvalue weighted by Crippen LogP contribution is -2.00. The molecule has 100 valence electrons. The summed E-state index contributed by atoms with van der Waals surface area (Å²) >= 11 is 6.05. The van der Waals surface area contributed by atoms with Gasteiger partial charge in [-0.15, -0.1) is 0 Å². The Kier molecular flexibility index (Phi) is 4.27. The van der Waals surface area contributed by atoms with Crippen molar-refractivity contribution >= 4 is 17.3 Å². The van der Waals surface area contributed by atoms with E-state index < -0.39 is 0 Å². The van der Waals surface area contributed by atoms with Gasteiger partial charge in [0.1, 0.15) is 11.6 Å². The number of aryl methyl sites for hydroxylation is 1. The van der Waals surface area contributed by atoms with Crippen molar-refractivity contribution in [1.82, 2.24) is 0 Å². The highest BCUT2D eigenvalue weighted by Gasteiger charge is 2.02. The molecule has 4 heteroatoms. The molecule has 0 aliphatic heterocycles. The van der Waals surface area contributed by atoms with Crippen LogP contribution in [0.25, 0.3) is 0 Å². The second-order valence-electron chi connectivity index (χ2n) is 4.34. The molecule has 0 aliphatic rings. The summed E-state index contributed by atoms with van der Waals surface area (Å²) in [6.07, 6.45) is 0. The molecule has 2 nitrogen and oxygen atoms in total. The van der Waals surface area contributed by atoms with E-state index in [2.05, 4.69) is 5.32 Å². The average molecular weight is 280 g/mol. The third-order valence-electron chi connectivity index (χ3n) is 2.75. The molecule has 0 aliphatic carbocycles. The topological polar surface area (TPSA) is 21.3 Å². The Hall–Kier alpha value is -1.74. The number of benzene rings is 2. The van der Waals surface area contributed by atoms with E-state index in [9.17, 15) is 4.39 Å². The van der Waals surface area contributed by atoms with Gasteiger partial charge in [0.25, 0.3) is 0 Å². The van der Waals surface area contributed by atoms with E-state index in [1.165, 1.54) is 12.1 Å². The number of rotatable bonds is 4. The van der Waals surface area contributed by atoms with Crippen LogP contribution in [0.3, 0.4) is 0 Å². The summed E-state index contributed by atoms with van der Waals surface area (Å²) in [5, 5.41) is 3.73. The van der Waals surface area contributed by atoms with E-state index in [-0.39, 0.29) is 5.82 Å². The maximum Gasteiger partial charge on any atom is 0.137 e. The molecule has 0 fully saturated rings. The highest BCUT2D eigenvalue weighted by molar-refractivity contribution is 6.32. The molecule has 2 rings (SSSR count). The minimum Gasteiger partial charge on any atom is -0.495 e. The maximum atomic E-state index is 13.2. The highest BCUT2D eigenvalue weighted by Crippen LogP contribution is 2.25. The summed E-state index contributed by atoms with van der Waals surface area (Å²) in [4.78, 5) is 0. The van der Waals surface area contributed by atoms with Crippen molar-refractivity contribution < 1.29 is 9.13 Å². The van der Waals surface area contributed by atoms with Crippen LogP contribution in [0.5, 0.6) is 5.75 Å². The van der Waals surface area contributed by atoms with Crippen molar-refractivity contribution in [2.45, 2.75) is 13.5 Å². The summed E-state index contributed by atoms with van der Waals surface area (Å²) in [6, 6.07) is 10.4. The zero-order chi connectivity index (χ0) is 13.8. The van der Waals surface area contributed by atoms with Gasteiger partial charge in [0.2, 0.25) is 0 Å². The number of ether oxygens (including phenoxy) is 1.